The summed E-state index contributed by atoms with van der Waals surface area (Å²) in [6.07, 6.45) is -0.0830. The molecule has 0 aliphatic carbocycles. The molecule has 1 rings (SSSR count). The van der Waals surface area contributed by atoms with Gasteiger partial charge in [-0.2, -0.15) is 0 Å². The molecule has 0 N–H and O–H groups in total. The van der Waals surface area contributed by atoms with Gasteiger partial charge in [0.05, 0.1) is 12.1 Å². The summed E-state index contributed by atoms with van der Waals surface area (Å²) < 4.78 is 15.8. The number of hydrogen-bond acceptors (Lipinski definition) is 3. The van der Waals surface area contributed by atoms with Crippen molar-refractivity contribution >= 4 is 23.2 Å². The fourth-order valence-electron chi connectivity index (χ4n) is 1.05. The molecule has 0 unspecified atom stereocenters. The third-order valence-corrected chi connectivity index (χ3v) is 2.09. The molecule has 3 nitrogen and oxygen atoms in total. The molecular formula is C8H12Cl2O3. The Bertz CT molecular complexity index is 204. The lowest BCUT2D eigenvalue weighted by atomic mass is 10.4. The first kappa shape index (κ1) is 11.1. The third kappa shape index (κ3) is 3.73. The standard InChI is InChI=1S/C8H12Cl2O3/c1-8(2)12-5-6(13-8)4-11-7(10)3-9/h3,6H,4-5H2,1-2H3/t6-/m1/s1. The number of hydrogen-bond donors (Lipinski definition) is 0. The highest BCUT2D eigenvalue weighted by molar-refractivity contribution is 6.35. The molecule has 76 valence electrons. The van der Waals surface area contributed by atoms with Crippen LogP contribution in [0.5, 0.6) is 0 Å². The Morgan fingerprint density at radius 1 is 1.69 bits per heavy atom. The molecule has 5 heteroatoms. The van der Waals surface area contributed by atoms with E-state index < -0.39 is 5.79 Å². The van der Waals surface area contributed by atoms with Gasteiger partial charge >= 0.3 is 0 Å². The summed E-state index contributed by atoms with van der Waals surface area (Å²) in [4.78, 5) is 0. The second-order valence-electron chi connectivity index (χ2n) is 3.17. The molecule has 1 atom stereocenters. The van der Waals surface area contributed by atoms with E-state index in [9.17, 15) is 0 Å². The maximum Gasteiger partial charge on any atom is 0.198 e. The molecule has 0 aromatic rings. The summed E-state index contributed by atoms with van der Waals surface area (Å²) in [7, 11) is 0. The molecule has 1 aliphatic heterocycles. The summed E-state index contributed by atoms with van der Waals surface area (Å²) in [5.41, 5.74) is 1.17. The van der Waals surface area contributed by atoms with Crippen molar-refractivity contribution in [3.05, 3.63) is 10.8 Å². The van der Waals surface area contributed by atoms with Crippen molar-refractivity contribution in [2.24, 2.45) is 0 Å². The summed E-state index contributed by atoms with van der Waals surface area (Å²) in [5, 5.41) is 0.162. The lowest BCUT2D eigenvalue weighted by Crippen LogP contribution is -2.23. The van der Waals surface area contributed by atoms with Gasteiger partial charge in [0.1, 0.15) is 12.7 Å². The predicted molar refractivity (Wildman–Crippen MR) is 50.6 cm³/mol. The van der Waals surface area contributed by atoms with Crippen LogP contribution in [0.25, 0.3) is 0 Å². The van der Waals surface area contributed by atoms with Crippen LogP contribution < -0.4 is 0 Å². The molecule has 1 saturated heterocycles. The largest absolute Gasteiger partial charge is 0.479 e. The Morgan fingerprint density at radius 2 is 2.38 bits per heavy atom. The minimum atomic E-state index is -0.523. The van der Waals surface area contributed by atoms with Crippen LogP contribution in [0.3, 0.4) is 0 Å². The molecular weight excluding hydrogens is 215 g/mol. The molecule has 0 saturated carbocycles. The topological polar surface area (TPSA) is 27.7 Å². The molecule has 1 fully saturated rings. The highest BCUT2D eigenvalue weighted by Gasteiger charge is 2.32. The van der Waals surface area contributed by atoms with E-state index in [4.69, 9.17) is 37.4 Å². The van der Waals surface area contributed by atoms with E-state index in [2.05, 4.69) is 0 Å². The average Bonchev–Trinajstić information content (AvgIpc) is 2.41. The molecule has 13 heavy (non-hydrogen) atoms. The zero-order valence-corrected chi connectivity index (χ0v) is 9.06. The first-order valence-corrected chi connectivity index (χ1v) is 4.75. The van der Waals surface area contributed by atoms with Crippen LogP contribution in [0.4, 0.5) is 0 Å². The van der Waals surface area contributed by atoms with Crippen LogP contribution in [0.2, 0.25) is 0 Å². The van der Waals surface area contributed by atoms with E-state index >= 15 is 0 Å². The molecule has 1 aliphatic rings. The molecule has 0 aromatic carbocycles. The molecule has 0 bridgehead atoms. The predicted octanol–water partition coefficient (Wildman–Crippen LogP) is 2.43. The Morgan fingerprint density at radius 3 is 2.85 bits per heavy atom. The highest BCUT2D eigenvalue weighted by atomic mass is 35.5. The lowest BCUT2D eigenvalue weighted by Gasteiger charge is -2.16. The third-order valence-electron chi connectivity index (χ3n) is 1.56. The first-order valence-electron chi connectivity index (χ1n) is 3.94. The Labute approximate surface area is 87.5 Å². The molecule has 0 aromatic heterocycles. The van der Waals surface area contributed by atoms with Crippen molar-refractivity contribution in [2.45, 2.75) is 25.7 Å². The van der Waals surface area contributed by atoms with Gasteiger partial charge in [-0.3, -0.25) is 0 Å². The second-order valence-corrected chi connectivity index (χ2v) is 3.77. The Kier molecular flexibility index (Phi) is 3.86. The Hall–Kier alpha value is 0.0400. The average molecular weight is 227 g/mol. The molecule has 0 radical (unpaired) electrons. The monoisotopic (exact) mass is 226 g/mol. The fourth-order valence-corrected chi connectivity index (χ4v) is 1.18. The zero-order valence-electron chi connectivity index (χ0n) is 7.55. The second kappa shape index (κ2) is 4.51. The smallest absolute Gasteiger partial charge is 0.198 e. The maximum absolute atomic E-state index is 5.53. The number of halogens is 2. The SMILES string of the molecule is CC1(C)OC[C@@H](COC(Cl)=CCl)O1. The summed E-state index contributed by atoms with van der Waals surface area (Å²) in [6, 6.07) is 0. The van der Waals surface area contributed by atoms with Gasteiger partial charge in [-0.25, -0.2) is 0 Å². The van der Waals surface area contributed by atoms with Crippen LogP contribution in [0, 0.1) is 0 Å². The van der Waals surface area contributed by atoms with Gasteiger partial charge in [0.25, 0.3) is 0 Å². The van der Waals surface area contributed by atoms with Crippen molar-refractivity contribution in [3.63, 3.8) is 0 Å². The summed E-state index contributed by atoms with van der Waals surface area (Å²) in [5.74, 6) is -0.523. The molecule has 0 spiro atoms. The fraction of sp³-hybridized carbons (Fsp3) is 0.750. The van der Waals surface area contributed by atoms with Crippen molar-refractivity contribution in [1.29, 1.82) is 0 Å². The van der Waals surface area contributed by atoms with Gasteiger partial charge < -0.3 is 14.2 Å². The normalized spacial score (nSPS) is 27.7. The van der Waals surface area contributed by atoms with Gasteiger partial charge in [0, 0.05) is 0 Å². The van der Waals surface area contributed by atoms with Gasteiger partial charge in [0.2, 0.25) is 0 Å². The van der Waals surface area contributed by atoms with Crippen LogP contribution in [-0.2, 0) is 14.2 Å². The highest BCUT2D eigenvalue weighted by Crippen LogP contribution is 2.23. The van der Waals surface area contributed by atoms with Crippen LogP contribution in [0.1, 0.15) is 13.8 Å². The van der Waals surface area contributed by atoms with Gasteiger partial charge in [-0.15, -0.1) is 0 Å². The van der Waals surface area contributed by atoms with Crippen molar-refractivity contribution < 1.29 is 14.2 Å². The van der Waals surface area contributed by atoms with Crippen LogP contribution in [-0.4, -0.2) is 25.1 Å². The lowest BCUT2D eigenvalue weighted by molar-refractivity contribution is -0.142. The quantitative estimate of drug-likeness (QED) is 0.693. The minimum absolute atomic E-state index is 0.0830. The molecule has 1 heterocycles. The van der Waals surface area contributed by atoms with Gasteiger partial charge in [-0.05, 0) is 25.4 Å². The zero-order chi connectivity index (χ0) is 9.90. The van der Waals surface area contributed by atoms with E-state index in [-0.39, 0.29) is 11.3 Å². The van der Waals surface area contributed by atoms with E-state index in [0.717, 1.165) is 0 Å². The van der Waals surface area contributed by atoms with Crippen LogP contribution >= 0.6 is 23.2 Å². The van der Waals surface area contributed by atoms with Gasteiger partial charge in [0.15, 0.2) is 11.0 Å². The first-order chi connectivity index (χ1) is 6.03. The van der Waals surface area contributed by atoms with E-state index in [1.165, 1.54) is 5.54 Å². The Balaban J connectivity index is 2.25. The maximum atomic E-state index is 5.53. The summed E-state index contributed by atoms with van der Waals surface area (Å²) >= 11 is 10.8. The van der Waals surface area contributed by atoms with Crippen molar-refractivity contribution in [3.8, 4) is 0 Å². The molecule has 0 amide bonds. The van der Waals surface area contributed by atoms with Crippen molar-refractivity contribution in [1.82, 2.24) is 0 Å². The van der Waals surface area contributed by atoms with E-state index in [1.54, 1.807) is 0 Å². The minimum Gasteiger partial charge on any atom is -0.479 e. The van der Waals surface area contributed by atoms with Crippen LogP contribution in [0.15, 0.2) is 10.8 Å². The van der Waals surface area contributed by atoms with E-state index in [1.807, 2.05) is 13.8 Å². The number of rotatable bonds is 3. The summed E-state index contributed by atoms with van der Waals surface area (Å²) in [6.45, 7) is 4.57. The van der Waals surface area contributed by atoms with Crippen molar-refractivity contribution in [2.75, 3.05) is 13.2 Å². The number of ether oxygens (including phenoxy) is 3. The van der Waals surface area contributed by atoms with E-state index in [0.29, 0.717) is 13.2 Å². The van der Waals surface area contributed by atoms with Gasteiger partial charge in [-0.1, -0.05) is 11.6 Å².